The number of rotatable bonds is 9. The molecule has 0 aliphatic heterocycles. The van der Waals surface area contributed by atoms with Gasteiger partial charge in [-0.15, -0.1) is 0 Å². The molecule has 0 aromatic heterocycles. The summed E-state index contributed by atoms with van der Waals surface area (Å²) in [6, 6.07) is 1.43. The summed E-state index contributed by atoms with van der Waals surface area (Å²) in [7, 11) is 0.600. The normalized spacial score (nSPS) is 14.8. The molecule has 2 N–H and O–H groups in total. The summed E-state index contributed by atoms with van der Waals surface area (Å²) >= 11 is 0. The Morgan fingerprint density at radius 3 is 2.25 bits per heavy atom. The predicted octanol–water partition coefficient (Wildman–Crippen LogP) is 1.78. The Bertz CT molecular complexity index is 143. The van der Waals surface area contributed by atoms with Crippen LogP contribution in [0.4, 0.5) is 0 Å². The second-order valence-electron chi connectivity index (χ2n) is 5.24. The molecule has 0 radical (unpaired) electrons. The van der Waals surface area contributed by atoms with Gasteiger partial charge >= 0.3 is 0 Å². The topological polar surface area (TPSA) is 40.7 Å². The third-order valence-electron chi connectivity index (χ3n) is 2.73. The van der Waals surface area contributed by atoms with Gasteiger partial charge in [0.2, 0.25) is 0 Å². The van der Waals surface area contributed by atoms with Crippen molar-refractivity contribution in [1.29, 1.82) is 0 Å². The van der Waals surface area contributed by atoms with E-state index < -0.39 is 8.56 Å². The van der Waals surface area contributed by atoms with Crippen LogP contribution in [0, 0.1) is 5.92 Å². The van der Waals surface area contributed by atoms with Crippen molar-refractivity contribution in [1.82, 2.24) is 0 Å². The third kappa shape index (κ3) is 12.4. The average molecular weight is 265 g/mol. The van der Waals surface area contributed by atoms with Gasteiger partial charge in [0.25, 0.3) is 0 Å². The van der Waals surface area contributed by atoms with Crippen LogP contribution in [0.5, 0.6) is 0 Å². The SMILES string of the molecule is CCCCCC[SiH]([SiH3])OC(C)CC(C)C.O. The maximum atomic E-state index is 6.14. The Kier molecular flexibility index (Phi) is 13.8. The van der Waals surface area contributed by atoms with E-state index in [0.717, 1.165) is 5.92 Å². The molecule has 0 aromatic rings. The molecule has 0 bridgehead atoms. The van der Waals surface area contributed by atoms with Crippen LogP contribution in [0.15, 0.2) is 0 Å². The summed E-state index contributed by atoms with van der Waals surface area (Å²) in [4.78, 5) is 0. The zero-order valence-corrected chi connectivity index (χ0v) is 15.0. The van der Waals surface area contributed by atoms with Gasteiger partial charge in [0, 0.05) is 15.9 Å². The fourth-order valence-corrected chi connectivity index (χ4v) is 6.57. The number of hydrogen-bond donors (Lipinski definition) is 0. The largest absolute Gasteiger partial charge is 0.422 e. The van der Waals surface area contributed by atoms with E-state index in [1.807, 2.05) is 0 Å². The molecule has 0 saturated heterocycles. The molecule has 0 saturated carbocycles. The highest BCUT2D eigenvalue weighted by Crippen LogP contribution is 2.11. The highest BCUT2D eigenvalue weighted by atomic mass is 29.2. The Morgan fingerprint density at radius 2 is 1.75 bits per heavy atom. The van der Waals surface area contributed by atoms with Gasteiger partial charge in [-0.25, -0.2) is 0 Å². The van der Waals surface area contributed by atoms with Crippen molar-refractivity contribution in [2.24, 2.45) is 5.92 Å². The summed E-state index contributed by atoms with van der Waals surface area (Å²) in [6.07, 6.45) is 7.35. The van der Waals surface area contributed by atoms with E-state index in [1.54, 1.807) is 0 Å². The van der Waals surface area contributed by atoms with Gasteiger partial charge in [0.15, 0.2) is 8.56 Å². The van der Waals surface area contributed by atoms with Crippen molar-refractivity contribution in [3.05, 3.63) is 0 Å². The monoisotopic (exact) mass is 264 g/mol. The van der Waals surface area contributed by atoms with Gasteiger partial charge in [-0.2, -0.15) is 0 Å². The quantitative estimate of drug-likeness (QED) is 0.462. The Morgan fingerprint density at radius 1 is 1.12 bits per heavy atom. The minimum absolute atomic E-state index is 0. The first-order valence-corrected chi connectivity index (χ1v) is 12.6. The fourth-order valence-electron chi connectivity index (χ4n) is 2.04. The molecule has 0 aromatic carbocycles. The van der Waals surface area contributed by atoms with Crippen LogP contribution < -0.4 is 0 Å². The molecule has 2 atom stereocenters. The molecule has 0 fully saturated rings. The minimum atomic E-state index is -0.723. The fraction of sp³-hybridized carbons (Fsp3) is 1.00. The van der Waals surface area contributed by atoms with Crippen LogP contribution in [0.3, 0.4) is 0 Å². The van der Waals surface area contributed by atoms with Crippen LogP contribution >= 0.6 is 0 Å². The molecule has 0 aliphatic carbocycles. The van der Waals surface area contributed by atoms with Gasteiger partial charge < -0.3 is 9.90 Å². The first kappa shape index (κ1) is 18.7. The molecule has 100 valence electrons. The first-order chi connectivity index (χ1) is 7.06. The second-order valence-corrected chi connectivity index (χ2v) is 11.6. The van der Waals surface area contributed by atoms with Crippen molar-refractivity contribution in [3.63, 3.8) is 0 Å². The summed E-state index contributed by atoms with van der Waals surface area (Å²) in [5.74, 6) is 0.781. The van der Waals surface area contributed by atoms with Crippen molar-refractivity contribution in [2.45, 2.75) is 71.9 Å². The van der Waals surface area contributed by atoms with E-state index in [2.05, 4.69) is 27.7 Å². The highest BCUT2D eigenvalue weighted by molar-refractivity contribution is 6.99. The second kappa shape index (κ2) is 11.8. The van der Waals surface area contributed by atoms with Crippen LogP contribution in [0.25, 0.3) is 0 Å². The lowest BCUT2D eigenvalue weighted by atomic mass is 10.1. The van der Waals surface area contributed by atoms with E-state index in [0.29, 0.717) is 6.10 Å². The molecule has 0 rings (SSSR count). The number of hydrogen-bond acceptors (Lipinski definition) is 1. The molecule has 0 heterocycles. The molecular weight excluding hydrogens is 232 g/mol. The summed E-state index contributed by atoms with van der Waals surface area (Å²) in [5, 5.41) is 0. The molecule has 4 heteroatoms. The van der Waals surface area contributed by atoms with E-state index in [9.17, 15) is 0 Å². The van der Waals surface area contributed by atoms with Crippen molar-refractivity contribution in [2.75, 3.05) is 0 Å². The van der Waals surface area contributed by atoms with Crippen molar-refractivity contribution in [3.8, 4) is 0 Å². The lowest BCUT2D eigenvalue weighted by molar-refractivity contribution is 0.198. The van der Waals surface area contributed by atoms with Gasteiger partial charge in [-0.05, 0) is 25.3 Å². The van der Waals surface area contributed by atoms with Crippen LogP contribution in [-0.2, 0) is 4.43 Å². The van der Waals surface area contributed by atoms with Gasteiger partial charge in [0.1, 0.15) is 0 Å². The highest BCUT2D eigenvalue weighted by Gasteiger charge is 2.10. The lowest BCUT2D eigenvalue weighted by Crippen LogP contribution is -2.25. The van der Waals surface area contributed by atoms with E-state index in [1.165, 1.54) is 47.9 Å². The molecular formula is C12H32O2Si2. The summed E-state index contributed by atoms with van der Waals surface area (Å²) in [6.45, 7) is 9.09. The summed E-state index contributed by atoms with van der Waals surface area (Å²) < 4.78 is 6.14. The Labute approximate surface area is 106 Å². The molecule has 0 aliphatic rings. The van der Waals surface area contributed by atoms with Gasteiger partial charge in [0.05, 0.1) is 0 Å². The van der Waals surface area contributed by atoms with Crippen molar-refractivity contribution >= 4 is 18.3 Å². The zero-order valence-electron chi connectivity index (χ0n) is 11.9. The Balaban J connectivity index is 0. The lowest BCUT2D eigenvalue weighted by Gasteiger charge is -2.20. The van der Waals surface area contributed by atoms with E-state index in [4.69, 9.17) is 4.43 Å². The summed E-state index contributed by atoms with van der Waals surface area (Å²) in [5.41, 5.74) is 0. The van der Waals surface area contributed by atoms with Crippen molar-refractivity contribution < 1.29 is 9.90 Å². The maximum Gasteiger partial charge on any atom is 0.154 e. The van der Waals surface area contributed by atoms with E-state index in [-0.39, 0.29) is 5.48 Å². The first-order valence-electron chi connectivity index (χ1n) is 6.71. The average Bonchev–Trinajstić information content (AvgIpc) is 2.10. The third-order valence-corrected chi connectivity index (χ3v) is 7.43. The molecule has 16 heavy (non-hydrogen) atoms. The Hall–Kier alpha value is 0.354. The standard InChI is InChI=1S/C12H30OSi2.H2O/c1-5-6-7-8-9-15(14)13-12(4)10-11(2)3;/h11-12,15H,5-10H2,1-4,14H3;1H2. The molecule has 0 spiro atoms. The molecule has 2 nitrogen and oxygen atoms in total. The van der Waals surface area contributed by atoms with Crippen LogP contribution in [-0.4, -0.2) is 29.9 Å². The van der Waals surface area contributed by atoms with Crippen LogP contribution in [0.1, 0.15) is 59.8 Å². The number of unbranched alkanes of at least 4 members (excludes halogenated alkanes) is 3. The van der Waals surface area contributed by atoms with Gasteiger partial charge in [-0.3, -0.25) is 0 Å². The molecule has 2 unspecified atom stereocenters. The molecule has 0 amide bonds. The zero-order chi connectivity index (χ0) is 11.7. The van der Waals surface area contributed by atoms with Gasteiger partial charge in [-0.1, -0.05) is 46.5 Å². The maximum absolute atomic E-state index is 6.14. The van der Waals surface area contributed by atoms with E-state index >= 15 is 0 Å². The smallest absolute Gasteiger partial charge is 0.154 e. The van der Waals surface area contributed by atoms with Crippen LogP contribution in [0.2, 0.25) is 6.04 Å². The minimum Gasteiger partial charge on any atom is -0.422 e. The predicted molar refractivity (Wildman–Crippen MR) is 79.7 cm³/mol.